The van der Waals surface area contributed by atoms with Gasteiger partial charge in [-0.1, -0.05) is 25.6 Å². The molecule has 2 bridgehead atoms. The highest BCUT2D eigenvalue weighted by molar-refractivity contribution is 8.16. The molecule has 1 N–H and O–H groups in total. The van der Waals surface area contributed by atoms with E-state index in [9.17, 15) is 18.0 Å². The maximum absolute atomic E-state index is 13.5. The van der Waals surface area contributed by atoms with Crippen molar-refractivity contribution in [2.75, 3.05) is 0 Å². The second-order valence-corrected chi connectivity index (χ2v) is 8.85. The van der Waals surface area contributed by atoms with Crippen LogP contribution in [0, 0.1) is 23.2 Å². The van der Waals surface area contributed by atoms with Crippen molar-refractivity contribution in [1.82, 2.24) is 5.32 Å². The summed E-state index contributed by atoms with van der Waals surface area (Å²) in [7, 11) is 0. The molecule has 3 saturated carbocycles. The van der Waals surface area contributed by atoms with E-state index in [0.717, 1.165) is 18.8 Å². The molecule has 1 aliphatic heterocycles. The van der Waals surface area contributed by atoms with Gasteiger partial charge in [-0.05, 0) is 48.9 Å². The summed E-state index contributed by atoms with van der Waals surface area (Å²) in [6.07, 6.45) is 0.00885. The minimum Gasteiger partial charge on any atom is -0.304 e. The predicted octanol–water partition coefficient (Wildman–Crippen LogP) is 3.35. The van der Waals surface area contributed by atoms with Crippen LogP contribution in [0.3, 0.4) is 0 Å². The predicted molar refractivity (Wildman–Crippen MR) is 78.5 cm³/mol. The quantitative estimate of drug-likeness (QED) is 0.842. The summed E-state index contributed by atoms with van der Waals surface area (Å²) < 4.78 is 38.1. The Bertz CT molecular complexity index is 576. The Morgan fingerprint density at radius 1 is 1.32 bits per heavy atom. The van der Waals surface area contributed by atoms with Crippen molar-refractivity contribution < 1.29 is 18.0 Å². The van der Waals surface area contributed by atoms with E-state index in [4.69, 9.17) is 0 Å². The average Bonchev–Trinajstić information content (AvgIpc) is 2.67. The van der Waals surface area contributed by atoms with E-state index in [2.05, 4.69) is 10.3 Å². The van der Waals surface area contributed by atoms with E-state index >= 15 is 0 Å². The number of nitrogens with zero attached hydrogens (tertiary/aromatic N) is 1. The van der Waals surface area contributed by atoms with Gasteiger partial charge >= 0.3 is 6.18 Å². The van der Waals surface area contributed by atoms with Crippen LogP contribution in [0.25, 0.3) is 0 Å². The number of thioether (sulfide) groups is 1. The van der Waals surface area contributed by atoms with Gasteiger partial charge in [0.15, 0.2) is 9.91 Å². The number of nitrogens with one attached hydrogen (secondary N) is 1. The fourth-order valence-corrected chi connectivity index (χ4v) is 6.00. The van der Waals surface area contributed by atoms with Gasteiger partial charge in [0, 0.05) is 0 Å². The van der Waals surface area contributed by atoms with E-state index in [-0.39, 0.29) is 11.2 Å². The molecule has 1 saturated heterocycles. The van der Waals surface area contributed by atoms with Gasteiger partial charge in [-0.25, -0.2) is 0 Å². The molecule has 2 unspecified atom stereocenters. The van der Waals surface area contributed by atoms with Crippen LogP contribution in [-0.2, 0) is 4.79 Å². The lowest BCUT2D eigenvalue weighted by Gasteiger charge is -2.30. The van der Waals surface area contributed by atoms with E-state index in [1.165, 1.54) is 26.7 Å². The molecule has 122 valence electrons. The van der Waals surface area contributed by atoms with Crippen molar-refractivity contribution in [2.45, 2.75) is 56.5 Å². The van der Waals surface area contributed by atoms with Gasteiger partial charge in [-0.15, -0.1) is 0 Å². The minimum atomic E-state index is -4.58. The zero-order valence-electron chi connectivity index (χ0n) is 12.5. The summed E-state index contributed by atoms with van der Waals surface area (Å²) in [4.78, 5) is 16.6. The van der Waals surface area contributed by atoms with Gasteiger partial charge in [0.1, 0.15) is 0 Å². The lowest BCUT2D eigenvalue weighted by Crippen LogP contribution is -2.52. The first-order chi connectivity index (χ1) is 10.2. The van der Waals surface area contributed by atoms with Crippen molar-refractivity contribution in [2.24, 2.45) is 28.2 Å². The lowest BCUT2D eigenvalue weighted by atomic mass is 9.93. The van der Waals surface area contributed by atoms with Crippen molar-refractivity contribution in [3.63, 3.8) is 0 Å². The van der Waals surface area contributed by atoms with E-state index in [1.54, 1.807) is 0 Å². The van der Waals surface area contributed by atoms with Crippen LogP contribution in [-0.4, -0.2) is 28.0 Å². The van der Waals surface area contributed by atoms with Crippen LogP contribution in [0.15, 0.2) is 4.99 Å². The summed E-state index contributed by atoms with van der Waals surface area (Å²) in [5, 5.41) is 2.57. The molecule has 0 aromatic rings. The molecule has 1 spiro atoms. The summed E-state index contributed by atoms with van der Waals surface area (Å²) >= 11 is 0.572. The van der Waals surface area contributed by atoms with Crippen LogP contribution < -0.4 is 5.32 Å². The number of fused-ring (bicyclic) bond motifs is 1. The number of amidine groups is 1. The maximum Gasteiger partial charge on any atom is 0.412 e. The first kappa shape index (κ1) is 14.8. The molecular formula is C15H19F3N2OS. The SMILES string of the molecule is CC(C)C1(C(F)(F)F)SC(=N[C@H]2C[C@]34CC3C[C@H]2C4)NC1=O. The topological polar surface area (TPSA) is 41.5 Å². The Kier molecular flexibility index (Phi) is 2.85. The Morgan fingerprint density at radius 2 is 2.05 bits per heavy atom. The van der Waals surface area contributed by atoms with Gasteiger partial charge in [-0.3, -0.25) is 9.79 Å². The van der Waals surface area contributed by atoms with Crippen LogP contribution in [0.2, 0.25) is 0 Å². The van der Waals surface area contributed by atoms with E-state index < -0.39 is 22.7 Å². The van der Waals surface area contributed by atoms with Gasteiger partial charge < -0.3 is 5.32 Å². The number of hydrogen-bond acceptors (Lipinski definition) is 3. The van der Waals surface area contributed by atoms with Crippen molar-refractivity contribution in [1.29, 1.82) is 0 Å². The van der Waals surface area contributed by atoms with E-state index in [0.29, 0.717) is 23.1 Å². The Labute approximate surface area is 131 Å². The van der Waals surface area contributed by atoms with E-state index in [1.807, 2.05) is 0 Å². The number of carbonyl (C=O) groups excluding carboxylic acids is 1. The lowest BCUT2D eigenvalue weighted by molar-refractivity contribution is -0.176. The van der Waals surface area contributed by atoms with Gasteiger partial charge in [-0.2, -0.15) is 13.2 Å². The largest absolute Gasteiger partial charge is 0.412 e. The average molecular weight is 332 g/mol. The molecule has 0 aromatic carbocycles. The minimum absolute atomic E-state index is 0.0951. The summed E-state index contributed by atoms with van der Waals surface area (Å²) in [6, 6.07) is 0.0951. The standard InChI is InChI=1S/C15H19F3N2OS/c1-7(2)14(15(16,17)18)11(21)20-12(22-14)19-10-6-13-4-8(10)3-9(13)5-13/h7-10H,3-6H2,1-2H3,(H,19,20,21)/t8-,9?,10-,13-,14?/m0/s1. The third kappa shape index (κ3) is 1.77. The highest BCUT2D eigenvalue weighted by Crippen LogP contribution is 2.73. The highest BCUT2D eigenvalue weighted by Gasteiger charge is 2.68. The summed E-state index contributed by atoms with van der Waals surface area (Å²) in [5.74, 6) is -0.464. The molecule has 4 fully saturated rings. The fourth-order valence-electron chi connectivity index (χ4n) is 4.86. The Hall–Kier alpha value is -0.720. The monoisotopic (exact) mass is 332 g/mol. The van der Waals surface area contributed by atoms with Crippen molar-refractivity contribution in [3.8, 4) is 0 Å². The number of hydrogen-bond donors (Lipinski definition) is 1. The summed E-state index contributed by atoms with van der Waals surface area (Å²) in [6.45, 7) is 2.88. The van der Waals surface area contributed by atoms with Crippen LogP contribution in [0.4, 0.5) is 13.2 Å². The Balaban J connectivity index is 1.58. The second-order valence-electron chi connectivity index (χ2n) is 7.61. The van der Waals surface area contributed by atoms with Crippen LogP contribution in [0.5, 0.6) is 0 Å². The zero-order valence-corrected chi connectivity index (χ0v) is 13.4. The molecule has 3 nitrogen and oxygen atoms in total. The smallest absolute Gasteiger partial charge is 0.304 e. The Morgan fingerprint density at radius 3 is 2.50 bits per heavy atom. The second kappa shape index (κ2) is 4.22. The molecular weight excluding hydrogens is 313 g/mol. The molecule has 1 amide bonds. The first-order valence-electron chi connectivity index (χ1n) is 7.83. The molecule has 5 atom stereocenters. The molecule has 4 aliphatic rings. The number of amides is 1. The third-order valence-electron chi connectivity index (χ3n) is 6.11. The number of halogens is 3. The zero-order chi connectivity index (χ0) is 15.9. The molecule has 3 aliphatic carbocycles. The van der Waals surface area contributed by atoms with Crippen LogP contribution in [0.1, 0.15) is 39.5 Å². The normalized spacial score (nSPS) is 48.2. The molecule has 4 rings (SSSR count). The highest BCUT2D eigenvalue weighted by atomic mass is 32.2. The molecule has 0 radical (unpaired) electrons. The van der Waals surface area contributed by atoms with Gasteiger partial charge in [0.25, 0.3) is 5.91 Å². The maximum atomic E-state index is 13.5. The molecule has 0 aromatic heterocycles. The molecule has 1 heterocycles. The van der Waals surface area contributed by atoms with Gasteiger partial charge in [0.2, 0.25) is 0 Å². The fraction of sp³-hybridized carbons (Fsp3) is 0.867. The third-order valence-corrected chi connectivity index (χ3v) is 7.72. The van der Waals surface area contributed by atoms with Crippen LogP contribution >= 0.6 is 11.8 Å². The molecule has 22 heavy (non-hydrogen) atoms. The summed E-state index contributed by atoms with van der Waals surface area (Å²) in [5.41, 5.74) is 0.450. The number of carbonyl (C=O) groups is 1. The van der Waals surface area contributed by atoms with Crippen molar-refractivity contribution in [3.05, 3.63) is 0 Å². The molecule has 7 heteroatoms. The first-order valence-corrected chi connectivity index (χ1v) is 8.64. The number of rotatable bonds is 2. The number of aliphatic imine (C=N–C) groups is 1. The van der Waals surface area contributed by atoms with Gasteiger partial charge in [0.05, 0.1) is 6.04 Å². The number of alkyl halides is 3. The van der Waals surface area contributed by atoms with Crippen molar-refractivity contribution >= 4 is 22.8 Å².